The van der Waals surface area contributed by atoms with Crippen LogP contribution in [-0.4, -0.2) is 44.7 Å². The zero-order valence-corrected chi connectivity index (χ0v) is 13.1. The number of hydrogen-bond acceptors (Lipinski definition) is 3. The third-order valence-corrected chi connectivity index (χ3v) is 4.58. The van der Waals surface area contributed by atoms with Crippen molar-refractivity contribution in [1.82, 2.24) is 10.2 Å². The Bertz CT molecular complexity index is 390. The molecule has 2 atom stereocenters. The van der Waals surface area contributed by atoms with E-state index in [2.05, 4.69) is 48.5 Å². The van der Waals surface area contributed by atoms with E-state index in [1.54, 1.807) is 7.11 Å². The molecule has 112 valence electrons. The number of hydrogen-bond donors (Lipinski definition) is 1. The van der Waals surface area contributed by atoms with Gasteiger partial charge in [-0.15, -0.1) is 0 Å². The summed E-state index contributed by atoms with van der Waals surface area (Å²) in [5, 5.41) is 3.40. The normalized spacial score (nSPS) is 21.6. The van der Waals surface area contributed by atoms with Crippen LogP contribution < -0.4 is 10.1 Å². The van der Waals surface area contributed by atoms with E-state index in [0.29, 0.717) is 6.04 Å². The molecule has 1 fully saturated rings. The lowest BCUT2D eigenvalue weighted by atomic mass is 9.91. The number of likely N-dealkylation sites (tertiary alicyclic amines) is 1. The van der Waals surface area contributed by atoms with Crippen LogP contribution in [-0.2, 0) is 6.42 Å². The first-order valence-electron chi connectivity index (χ1n) is 7.75. The molecule has 2 rings (SSSR count). The average Bonchev–Trinajstić information content (AvgIpc) is 2.53. The molecule has 1 N–H and O–H groups in total. The van der Waals surface area contributed by atoms with Crippen molar-refractivity contribution in [2.75, 3.05) is 33.8 Å². The summed E-state index contributed by atoms with van der Waals surface area (Å²) in [6, 6.07) is 9.08. The number of nitrogens with zero attached hydrogens (tertiary/aromatic N) is 1. The Morgan fingerprint density at radius 3 is 2.75 bits per heavy atom. The number of piperidine rings is 1. The zero-order valence-electron chi connectivity index (χ0n) is 13.1. The smallest absolute Gasteiger partial charge is 0.118 e. The fraction of sp³-hybridized carbons (Fsp3) is 0.647. The van der Waals surface area contributed by atoms with E-state index in [-0.39, 0.29) is 0 Å². The molecule has 0 bridgehead atoms. The van der Waals surface area contributed by atoms with Crippen LogP contribution in [0.4, 0.5) is 0 Å². The van der Waals surface area contributed by atoms with Gasteiger partial charge in [0.05, 0.1) is 7.11 Å². The summed E-state index contributed by atoms with van der Waals surface area (Å²) < 4.78 is 5.20. The Labute approximate surface area is 123 Å². The Morgan fingerprint density at radius 1 is 1.35 bits per heavy atom. The van der Waals surface area contributed by atoms with Gasteiger partial charge in [-0.2, -0.15) is 0 Å². The van der Waals surface area contributed by atoms with Gasteiger partial charge in [0.25, 0.3) is 0 Å². The molecule has 2 unspecified atom stereocenters. The summed E-state index contributed by atoms with van der Waals surface area (Å²) >= 11 is 0. The molecule has 20 heavy (non-hydrogen) atoms. The van der Waals surface area contributed by atoms with Crippen molar-refractivity contribution < 1.29 is 4.74 Å². The van der Waals surface area contributed by atoms with Crippen LogP contribution in [0.2, 0.25) is 0 Å². The van der Waals surface area contributed by atoms with Crippen LogP contribution in [0.25, 0.3) is 0 Å². The molecular weight excluding hydrogens is 248 g/mol. The summed E-state index contributed by atoms with van der Waals surface area (Å²) in [6.45, 7) is 5.96. The fourth-order valence-electron chi connectivity index (χ4n) is 3.02. The minimum absolute atomic E-state index is 0.624. The molecule has 1 aliphatic rings. The van der Waals surface area contributed by atoms with Gasteiger partial charge in [-0.05, 0) is 63.4 Å². The van der Waals surface area contributed by atoms with E-state index < -0.39 is 0 Å². The summed E-state index contributed by atoms with van der Waals surface area (Å²) in [5.41, 5.74) is 1.40. The second kappa shape index (κ2) is 7.65. The largest absolute Gasteiger partial charge is 0.497 e. The Morgan fingerprint density at radius 2 is 2.10 bits per heavy atom. The minimum Gasteiger partial charge on any atom is -0.497 e. The van der Waals surface area contributed by atoms with Crippen molar-refractivity contribution in [2.45, 2.75) is 32.2 Å². The van der Waals surface area contributed by atoms with Gasteiger partial charge in [0, 0.05) is 19.1 Å². The van der Waals surface area contributed by atoms with Gasteiger partial charge < -0.3 is 15.0 Å². The van der Waals surface area contributed by atoms with E-state index in [9.17, 15) is 0 Å². The third-order valence-electron chi connectivity index (χ3n) is 4.58. The van der Waals surface area contributed by atoms with Crippen molar-refractivity contribution in [3.63, 3.8) is 0 Å². The summed E-state index contributed by atoms with van der Waals surface area (Å²) in [4.78, 5) is 2.62. The van der Waals surface area contributed by atoms with Crippen molar-refractivity contribution in [2.24, 2.45) is 5.92 Å². The Balaban J connectivity index is 1.80. The van der Waals surface area contributed by atoms with Crippen molar-refractivity contribution in [3.05, 3.63) is 29.8 Å². The van der Waals surface area contributed by atoms with E-state index in [1.807, 2.05) is 0 Å². The first kappa shape index (κ1) is 15.3. The molecule has 3 heteroatoms. The molecule has 1 aromatic rings. The van der Waals surface area contributed by atoms with Gasteiger partial charge in [-0.25, -0.2) is 0 Å². The molecule has 0 saturated carbocycles. The molecule has 3 nitrogen and oxygen atoms in total. The predicted molar refractivity (Wildman–Crippen MR) is 84.4 cm³/mol. The molecule has 1 aromatic carbocycles. The van der Waals surface area contributed by atoms with Crippen LogP contribution in [0.1, 0.15) is 25.3 Å². The number of rotatable bonds is 6. The van der Waals surface area contributed by atoms with E-state index in [0.717, 1.165) is 18.1 Å². The third kappa shape index (κ3) is 4.22. The highest BCUT2D eigenvalue weighted by Gasteiger charge is 2.23. The number of nitrogens with one attached hydrogen (secondary N) is 1. The second-order valence-electron chi connectivity index (χ2n) is 5.88. The molecular formula is C17H28N2O. The van der Waals surface area contributed by atoms with Gasteiger partial charge in [-0.1, -0.05) is 12.1 Å². The number of ether oxygens (including phenoxy) is 1. The van der Waals surface area contributed by atoms with Crippen LogP contribution in [0.15, 0.2) is 24.3 Å². The maximum absolute atomic E-state index is 5.20. The fourth-order valence-corrected chi connectivity index (χ4v) is 3.02. The van der Waals surface area contributed by atoms with E-state index in [1.165, 1.54) is 38.0 Å². The topological polar surface area (TPSA) is 24.5 Å². The summed E-state index contributed by atoms with van der Waals surface area (Å²) in [5.74, 6) is 1.74. The monoisotopic (exact) mass is 276 g/mol. The van der Waals surface area contributed by atoms with Crippen molar-refractivity contribution >= 4 is 0 Å². The predicted octanol–water partition coefficient (Wildman–Crippen LogP) is 2.56. The highest BCUT2D eigenvalue weighted by atomic mass is 16.5. The Hall–Kier alpha value is -1.06. The second-order valence-corrected chi connectivity index (χ2v) is 5.88. The SMILES string of the molecule is CNC(C)C1CCCN(CCc2ccc(OC)cc2)C1. The van der Waals surface area contributed by atoms with Gasteiger partial charge >= 0.3 is 0 Å². The maximum atomic E-state index is 5.20. The Kier molecular flexibility index (Phi) is 5.86. The zero-order chi connectivity index (χ0) is 14.4. The van der Waals surface area contributed by atoms with Crippen LogP contribution >= 0.6 is 0 Å². The van der Waals surface area contributed by atoms with E-state index in [4.69, 9.17) is 4.74 Å². The average molecular weight is 276 g/mol. The maximum Gasteiger partial charge on any atom is 0.118 e. The highest BCUT2D eigenvalue weighted by molar-refractivity contribution is 5.27. The first-order valence-corrected chi connectivity index (χ1v) is 7.75. The van der Waals surface area contributed by atoms with Crippen molar-refractivity contribution in [3.8, 4) is 5.75 Å². The van der Waals surface area contributed by atoms with E-state index >= 15 is 0 Å². The van der Waals surface area contributed by atoms with Gasteiger partial charge in [0.15, 0.2) is 0 Å². The summed E-state index contributed by atoms with van der Waals surface area (Å²) in [6.07, 6.45) is 3.82. The molecule has 0 aliphatic carbocycles. The molecule has 1 aliphatic heterocycles. The van der Waals surface area contributed by atoms with Crippen LogP contribution in [0.3, 0.4) is 0 Å². The molecule has 0 spiro atoms. The highest BCUT2D eigenvalue weighted by Crippen LogP contribution is 2.20. The lowest BCUT2D eigenvalue weighted by Gasteiger charge is -2.35. The first-order chi connectivity index (χ1) is 9.72. The molecule has 1 heterocycles. The quantitative estimate of drug-likeness (QED) is 0.864. The number of benzene rings is 1. The molecule has 0 aromatic heterocycles. The molecule has 0 amide bonds. The minimum atomic E-state index is 0.624. The van der Waals surface area contributed by atoms with Crippen LogP contribution in [0, 0.1) is 5.92 Å². The lowest BCUT2D eigenvalue weighted by Crippen LogP contribution is -2.44. The van der Waals surface area contributed by atoms with Gasteiger partial charge in [0.1, 0.15) is 5.75 Å². The van der Waals surface area contributed by atoms with Crippen molar-refractivity contribution in [1.29, 1.82) is 0 Å². The van der Waals surface area contributed by atoms with Gasteiger partial charge in [0.2, 0.25) is 0 Å². The molecule has 0 radical (unpaired) electrons. The standard InChI is InChI=1S/C17H28N2O/c1-14(18-2)16-5-4-11-19(13-16)12-10-15-6-8-17(20-3)9-7-15/h6-9,14,16,18H,4-5,10-13H2,1-3H3. The summed E-state index contributed by atoms with van der Waals surface area (Å²) in [7, 11) is 3.78. The van der Waals surface area contributed by atoms with Crippen LogP contribution in [0.5, 0.6) is 5.75 Å². The number of methoxy groups -OCH3 is 1. The van der Waals surface area contributed by atoms with Gasteiger partial charge in [-0.3, -0.25) is 0 Å². The molecule has 1 saturated heterocycles. The lowest BCUT2D eigenvalue weighted by molar-refractivity contribution is 0.155.